The Morgan fingerprint density at radius 1 is 1.18 bits per heavy atom. The van der Waals surface area contributed by atoms with Crippen molar-refractivity contribution in [2.24, 2.45) is 5.92 Å². The lowest BCUT2D eigenvalue weighted by molar-refractivity contribution is 0.0509. The van der Waals surface area contributed by atoms with Crippen LogP contribution in [0, 0.1) is 5.92 Å². The summed E-state index contributed by atoms with van der Waals surface area (Å²) < 4.78 is 0. The number of hydrogen-bond donors (Lipinski definition) is 1. The van der Waals surface area contributed by atoms with Crippen molar-refractivity contribution in [2.75, 3.05) is 20.1 Å². The van der Waals surface area contributed by atoms with Crippen LogP contribution < -0.4 is 5.32 Å². The van der Waals surface area contributed by atoms with Gasteiger partial charge >= 0.3 is 0 Å². The van der Waals surface area contributed by atoms with E-state index in [1.165, 1.54) is 25.9 Å². The molecule has 64 valence electrons. The number of hydrogen-bond acceptors (Lipinski definition) is 2. The maximum atomic E-state index is 3.31. The van der Waals surface area contributed by atoms with E-state index in [1.54, 1.807) is 0 Å². The van der Waals surface area contributed by atoms with Crippen LogP contribution in [0.1, 0.15) is 19.8 Å². The molecule has 0 atom stereocenters. The molecule has 0 amide bonds. The van der Waals surface area contributed by atoms with Gasteiger partial charge in [0, 0.05) is 25.2 Å². The summed E-state index contributed by atoms with van der Waals surface area (Å²) in [6, 6.07) is 1.74. The van der Waals surface area contributed by atoms with Crippen LogP contribution in [-0.4, -0.2) is 37.1 Å². The van der Waals surface area contributed by atoms with Crippen molar-refractivity contribution in [3.8, 4) is 0 Å². The fourth-order valence-electron chi connectivity index (χ4n) is 2.05. The Morgan fingerprint density at radius 3 is 2.18 bits per heavy atom. The molecule has 0 bridgehead atoms. The highest BCUT2D eigenvalue weighted by Gasteiger charge is 2.34. The van der Waals surface area contributed by atoms with Gasteiger partial charge in [-0.15, -0.1) is 0 Å². The Morgan fingerprint density at radius 2 is 1.82 bits per heavy atom. The summed E-state index contributed by atoms with van der Waals surface area (Å²) in [5.41, 5.74) is 0. The average molecular weight is 154 g/mol. The van der Waals surface area contributed by atoms with E-state index in [0.29, 0.717) is 0 Å². The van der Waals surface area contributed by atoms with E-state index in [4.69, 9.17) is 0 Å². The lowest BCUT2D eigenvalue weighted by atomic mass is 9.80. The lowest BCUT2D eigenvalue weighted by Crippen LogP contribution is -2.60. The first-order chi connectivity index (χ1) is 5.27. The van der Waals surface area contributed by atoms with Crippen molar-refractivity contribution < 1.29 is 0 Å². The van der Waals surface area contributed by atoms with Crippen molar-refractivity contribution in [3.63, 3.8) is 0 Å². The first kappa shape index (κ1) is 7.56. The molecule has 1 saturated carbocycles. The Bertz CT molecular complexity index is 136. The van der Waals surface area contributed by atoms with Crippen molar-refractivity contribution in [3.05, 3.63) is 0 Å². The summed E-state index contributed by atoms with van der Waals surface area (Å²) in [5, 5.41) is 3.31. The standard InChI is InChI=1S/C9H18N2/c1-7-3-8(4-7)11(2)9-5-10-6-9/h7-10H,3-6H2,1-2H3. The molecule has 1 heterocycles. The highest BCUT2D eigenvalue weighted by molar-refractivity contribution is 4.91. The Balaban J connectivity index is 1.76. The normalized spacial score (nSPS) is 38.5. The molecule has 1 aliphatic heterocycles. The van der Waals surface area contributed by atoms with E-state index in [9.17, 15) is 0 Å². The molecule has 0 radical (unpaired) electrons. The summed E-state index contributed by atoms with van der Waals surface area (Å²) in [5.74, 6) is 0.982. The quantitative estimate of drug-likeness (QED) is 0.629. The summed E-state index contributed by atoms with van der Waals surface area (Å²) in [4.78, 5) is 2.57. The first-order valence-electron chi connectivity index (χ1n) is 4.70. The maximum Gasteiger partial charge on any atom is 0.0345 e. The van der Waals surface area contributed by atoms with Gasteiger partial charge in [0.2, 0.25) is 0 Å². The smallest absolute Gasteiger partial charge is 0.0345 e. The second-order valence-corrected chi connectivity index (χ2v) is 4.21. The third kappa shape index (κ3) is 1.30. The molecule has 0 aromatic carbocycles. The van der Waals surface area contributed by atoms with Crippen molar-refractivity contribution in [1.29, 1.82) is 0 Å². The molecule has 0 aromatic rings. The molecule has 2 fully saturated rings. The zero-order chi connectivity index (χ0) is 7.84. The van der Waals surface area contributed by atoms with Crippen LogP contribution in [0.2, 0.25) is 0 Å². The number of nitrogens with one attached hydrogen (secondary N) is 1. The second kappa shape index (κ2) is 2.76. The number of likely N-dealkylation sites (N-methyl/N-ethyl adjacent to an activating group) is 1. The van der Waals surface area contributed by atoms with Gasteiger partial charge in [-0.2, -0.15) is 0 Å². The minimum atomic E-state index is 0.840. The molecular weight excluding hydrogens is 136 g/mol. The molecular formula is C9H18N2. The monoisotopic (exact) mass is 154 g/mol. The van der Waals surface area contributed by atoms with Crippen molar-refractivity contribution in [2.45, 2.75) is 31.8 Å². The fourth-order valence-corrected chi connectivity index (χ4v) is 2.05. The second-order valence-electron chi connectivity index (χ2n) is 4.21. The van der Waals surface area contributed by atoms with Gasteiger partial charge in [0.05, 0.1) is 0 Å². The van der Waals surface area contributed by atoms with Gasteiger partial charge in [0.25, 0.3) is 0 Å². The predicted molar refractivity (Wildman–Crippen MR) is 46.6 cm³/mol. The molecule has 2 nitrogen and oxygen atoms in total. The molecule has 2 aliphatic rings. The Kier molecular flexibility index (Phi) is 1.90. The molecule has 0 aromatic heterocycles. The van der Waals surface area contributed by atoms with Crippen LogP contribution in [0.15, 0.2) is 0 Å². The van der Waals surface area contributed by atoms with Gasteiger partial charge in [-0.05, 0) is 25.8 Å². The SMILES string of the molecule is CC1CC(N(C)C2CNC2)C1. The summed E-state index contributed by atoms with van der Waals surface area (Å²) >= 11 is 0. The van der Waals surface area contributed by atoms with Gasteiger partial charge in [0.1, 0.15) is 0 Å². The minimum Gasteiger partial charge on any atom is -0.314 e. The van der Waals surface area contributed by atoms with E-state index < -0.39 is 0 Å². The highest BCUT2D eigenvalue weighted by Crippen LogP contribution is 2.31. The van der Waals surface area contributed by atoms with Crippen LogP contribution >= 0.6 is 0 Å². The van der Waals surface area contributed by atoms with Crippen molar-refractivity contribution >= 4 is 0 Å². The van der Waals surface area contributed by atoms with Crippen LogP contribution in [0.4, 0.5) is 0 Å². The van der Waals surface area contributed by atoms with Crippen LogP contribution in [0.3, 0.4) is 0 Å². The summed E-state index contributed by atoms with van der Waals surface area (Å²) in [6.07, 6.45) is 2.85. The van der Waals surface area contributed by atoms with E-state index in [2.05, 4.69) is 24.2 Å². The molecule has 2 rings (SSSR count). The first-order valence-corrected chi connectivity index (χ1v) is 4.70. The topological polar surface area (TPSA) is 15.3 Å². The van der Waals surface area contributed by atoms with Gasteiger partial charge in [-0.3, -0.25) is 4.90 Å². The van der Waals surface area contributed by atoms with E-state index in [0.717, 1.165) is 18.0 Å². The molecule has 1 aliphatic carbocycles. The number of nitrogens with zero attached hydrogens (tertiary/aromatic N) is 1. The van der Waals surface area contributed by atoms with E-state index in [1.807, 2.05) is 0 Å². The van der Waals surface area contributed by atoms with E-state index >= 15 is 0 Å². The molecule has 2 heteroatoms. The van der Waals surface area contributed by atoms with Crippen LogP contribution in [0.5, 0.6) is 0 Å². The average Bonchev–Trinajstić information content (AvgIpc) is 1.76. The Hall–Kier alpha value is -0.0800. The van der Waals surface area contributed by atoms with Gasteiger partial charge in [-0.1, -0.05) is 6.92 Å². The third-order valence-electron chi connectivity index (χ3n) is 3.26. The third-order valence-corrected chi connectivity index (χ3v) is 3.26. The molecule has 0 spiro atoms. The minimum absolute atomic E-state index is 0.840. The molecule has 1 saturated heterocycles. The van der Waals surface area contributed by atoms with Gasteiger partial charge < -0.3 is 5.32 Å². The van der Waals surface area contributed by atoms with Crippen LogP contribution in [0.25, 0.3) is 0 Å². The zero-order valence-corrected chi connectivity index (χ0v) is 7.51. The fraction of sp³-hybridized carbons (Fsp3) is 1.00. The molecule has 0 unspecified atom stereocenters. The van der Waals surface area contributed by atoms with Crippen molar-refractivity contribution in [1.82, 2.24) is 10.2 Å². The Labute approximate surface area is 69.0 Å². The molecule has 1 N–H and O–H groups in total. The zero-order valence-electron chi connectivity index (χ0n) is 7.51. The summed E-state index contributed by atoms with van der Waals surface area (Å²) in [7, 11) is 2.28. The maximum absolute atomic E-state index is 3.31. The summed E-state index contributed by atoms with van der Waals surface area (Å²) in [6.45, 7) is 4.77. The largest absolute Gasteiger partial charge is 0.314 e. The number of rotatable bonds is 2. The predicted octanol–water partition coefficient (Wildman–Crippen LogP) is 0.689. The lowest BCUT2D eigenvalue weighted by Gasteiger charge is -2.46. The van der Waals surface area contributed by atoms with Gasteiger partial charge in [-0.25, -0.2) is 0 Å². The van der Waals surface area contributed by atoms with Crippen LogP contribution in [-0.2, 0) is 0 Å². The molecule has 11 heavy (non-hydrogen) atoms. The van der Waals surface area contributed by atoms with Gasteiger partial charge in [0.15, 0.2) is 0 Å². The van der Waals surface area contributed by atoms with E-state index in [-0.39, 0.29) is 0 Å². The highest BCUT2D eigenvalue weighted by atomic mass is 15.2.